The van der Waals surface area contributed by atoms with Crippen LogP contribution in [0.2, 0.25) is 0 Å². The highest BCUT2D eigenvalue weighted by atomic mass is 32.2. The molecule has 2 aromatic carbocycles. The van der Waals surface area contributed by atoms with E-state index in [-0.39, 0.29) is 22.9 Å². The Kier molecular flexibility index (Phi) is 13.9. The van der Waals surface area contributed by atoms with Gasteiger partial charge in [0, 0.05) is 23.1 Å². The van der Waals surface area contributed by atoms with Crippen LogP contribution in [-0.2, 0) is 23.4 Å². The Labute approximate surface area is 225 Å². The maximum absolute atomic E-state index is 11.4. The van der Waals surface area contributed by atoms with Gasteiger partial charge in [0.15, 0.2) is 0 Å². The Bertz CT molecular complexity index is 1010. The molecule has 0 unspecified atom stereocenters. The Morgan fingerprint density at radius 1 is 0.946 bits per heavy atom. The molecule has 7 heteroatoms. The first-order valence-electron chi connectivity index (χ1n) is 13.2. The Balaban J connectivity index is 1.97. The molecule has 0 fully saturated rings. The topological polar surface area (TPSA) is 121 Å². The van der Waals surface area contributed by atoms with Crippen LogP contribution in [0, 0.1) is 0 Å². The number of aliphatic hydroxyl groups is 1. The molecule has 0 heterocycles. The van der Waals surface area contributed by atoms with Crippen molar-refractivity contribution in [1.29, 1.82) is 0 Å². The number of carboxylic acid groups (broad SMARTS) is 2. The lowest BCUT2D eigenvalue weighted by molar-refractivity contribution is -0.137. The summed E-state index contributed by atoms with van der Waals surface area (Å²) in [5.74, 6) is -1.45. The summed E-state index contributed by atoms with van der Waals surface area (Å²) in [5, 5.41) is 28.8. The van der Waals surface area contributed by atoms with Crippen LogP contribution in [0.15, 0.2) is 54.6 Å². The van der Waals surface area contributed by atoms with E-state index in [1.807, 2.05) is 12.2 Å². The average molecular weight is 528 g/mol. The predicted octanol–water partition coefficient (Wildman–Crippen LogP) is 6.50. The number of unbranched alkanes of at least 4 members (excludes halogenated alkanes) is 4. The SMILES string of the molecule is CCCCCCCc1ccc(C/C=C\[C@@H](SCc2ccc(N)c(C(=O)O)c2)[C@@H](O)CCCC(=O)O)cc1. The second kappa shape index (κ2) is 16.9. The fourth-order valence-corrected chi connectivity index (χ4v) is 5.25. The molecule has 0 amide bonds. The van der Waals surface area contributed by atoms with Crippen LogP contribution in [0.5, 0.6) is 0 Å². The lowest BCUT2D eigenvalue weighted by Crippen LogP contribution is -2.21. The number of nitrogens with two attached hydrogens (primary N) is 1. The fraction of sp³-hybridized carbons (Fsp3) is 0.467. The minimum atomic E-state index is -1.07. The monoisotopic (exact) mass is 527 g/mol. The Morgan fingerprint density at radius 2 is 1.62 bits per heavy atom. The number of thioether (sulfide) groups is 1. The Hall–Kier alpha value is -2.77. The number of carbonyl (C=O) groups is 2. The second-order valence-corrected chi connectivity index (χ2v) is 10.6. The lowest BCUT2D eigenvalue weighted by Gasteiger charge is -2.20. The number of aliphatic carboxylic acids is 1. The number of allylic oxidation sites excluding steroid dienone is 1. The van der Waals surface area contributed by atoms with Crippen LogP contribution < -0.4 is 5.73 Å². The van der Waals surface area contributed by atoms with Gasteiger partial charge in [-0.2, -0.15) is 0 Å². The summed E-state index contributed by atoms with van der Waals surface area (Å²) in [4.78, 5) is 22.3. The molecule has 2 rings (SSSR count). The number of aromatic carboxylic acids is 1. The summed E-state index contributed by atoms with van der Waals surface area (Å²) in [7, 11) is 0. The van der Waals surface area contributed by atoms with Gasteiger partial charge in [-0.1, -0.05) is 75.1 Å². The molecular weight excluding hydrogens is 486 g/mol. The number of nitrogen functional groups attached to an aromatic ring is 1. The third-order valence-electron chi connectivity index (χ3n) is 6.33. The zero-order chi connectivity index (χ0) is 27.0. The molecule has 6 nitrogen and oxygen atoms in total. The van der Waals surface area contributed by atoms with Gasteiger partial charge >= 0.3 is 11.9 Å². The quantitative estimate of drug-likeness (QED) is 0.0992. The summed E-state index contributed by atoms with van der Waals surface area (Å²) >= 11 is 1.50. The minimum Gasteiger partial charge on any atom is -0.481 e. The van der Waals surface area contributed by atoms with Crippen molar-refractivity contribution < 1.29 is 24.9 Å². The number of benzene rings is 2. The van der Waals surface area contributed by atoms with Crippen molar-refractivity contribution in [2.75, 3.05) is 5.73 Å². The van der Waals surface area contributed by atoms with Crippen molar-refractivity contribution >= 4 is 29.4 Å². The summed E-state index contributed by atoms with van der Waals surface area (Å²) in [5.41, 5.74) is 9.40. The van der Waals surface area contributed by atoms with Crippen LogP contribution in [0.3, 0.4) is 0 Å². The van der Waals surface area contributed by atoms with E-state index in [0.717, 1.165) is 18.4 Å². The van der Waals surface area contributed by atoms with Crippen LogP contribution in [-0.4, -0.2) is 38.6 Å². The zero-order valence-electron chi connectivity index (χ0n) is 21.8. The summed E-state index contributed by atoms with van der Waals surface area (Å²) in [6.45, 7) is 2.23. The van der Waals surface area contributed by atoms with E-state index in [1.54, 1.807) is 18.2 Å². The van der Waals surface area contributed by atoms with Gasteiger partial charge in [0.25, 0.3) is 0 Å². The predicted molar refractivity (Wildman–Crippen MR) is 152 cm³/mol. The second-order valence-electron chi connectivity index (χ2n) is 9.47. The first-order chi connectivity index (χ1) is 17.8. The van der Waals surface area contributed by atoms with Crippen molar-refractivity contribution in [3.8, 4) is 0 Å². The molecule has 37 heavy (non-hydrogen) atoms. The van der Waals surface area contributed by atoms with Crippen molar-refractivity contribution in [3.63, 3.8) is 0 Å². The highest BCUT2D eigenvalue weighted by molar-refractivity contribution is 7.99. The summed E-state index contributed by atoms with van der Waals surface area (Å²) < 4.78 is 0. The first kappa shape index (κ1) is 30.5. The van der Waals surface area contributed by atoms with Gasteiger partial charge in [0.1, 0.15) is 0 Å². The third-order valence-corrected chi connectivity index (χ3v) is 7.69. The number of carboxylic acids is 2. The van der Waals surface area contributed by atoms with Crippen LogP contribution >= 0.6 is 11.8 Å². The molecule has 0 bridgehead atoms. The number of hydrogen-bond donors (Lipinski definition) is 4. The number of aliphatic hydroxyl groups excluding tert-OH is 1. The number of anilines is 1. The molecule has 0 radical (unpaired) electrons. The normalized spacial score (nSPS) is 13.0. The first-order valence-corrected chi connectivity index (χ1v) is 14.2. The van der Waals surface area contributed by atoms with E-state index < -0.39 is 18.0 Å². The molecule has 5 N–H and O–H groups in total. The number of hydrogen-bond acceptors (Lipinski definition) is 5. The van der Waals surface area contributed by atoms with Crippen molar-refractivity contribution in [3.05, 3.63) is 76.9 Å². The molecule has 202 valence electrons. The van der Waals surface area contributed by atoms with E-state index in [4.69, 9.17) is 10.8 Å². The van der Waals surface area contributed by atoms with Gasteiger partial charge in [0.05, 0.1) is 11.7 Å². The molecule has 2 aromatic rings. The third kappa shape index (κ3) is 11.9. The Morgan fingerprint density at radius 3 is 2.30 bits per heavy atom. The molecule has 0 saturated carbocycles. The van der Waals surface area contributed by atoms with E-state index in [1.165, 1.54) is 55.0 Å². The smallest absolute Gasteiger partial charge is 0.337 e. The molecule has 0 aromatic heterocycles. The summed E-state index contributed by atoms with van der Waals surface area (Å²) in [6.07, 6.45) is 12.3. The van der Waals surface area contributed by atoms with E-state index >= 15 is 0 Å². The zero-order valence-corrected chi connectivity index (χ0v) is 22.6. The molecular formula is C30H41NO5S. The maximum Gasteiger partial charge on any atom is 0.337 e. The van der Waals surface area contributed by atoms with Gasteiger partial charge in [-0.05, 0) is 60.9 Å². The maximum atomic E-state index is 11.4. The standard InChI is InChI=1S/C30H41NO5S/c1-2-3-4-5-6-9-22-14-16-23(17-15-22)10-7-12-28(27(32)11-8-13-29(33)34)37-21-24-18-19-26(31)25(20-24)30(35)36/h7,12,14-20,27-28,32H,2-6,8-11,13,21,31H2,1H3,(H,33,34)(H,35,36)/b12-7-/t27-,28+/m0/s1. The van der Waals surface area contributed by atoms with Crippen molar-refractivity contribution in [2.24, 2.45) is 0 Å². The van der Waals surface area contributed by atoms with Crippen molar-refractivity contribution in [1.82, 2.24) is 0 Å². The lowest BCUT2D eigenvalue weighted by atomic mass is 10.0. The van der Waals surface area contributed by atoms with E-state index in [9.17, 15) is 19.8 Å². The van der Waals surface area contributed by atoms with Gasteiger partial charge in [-0.25, -0.2) is 4.79 Å². The molecule has 0 aliphatic carbocycles. The fourth-order valence-electron chi connectivity index (χ4n) is 4.11. The molecule has 0 spiro atoms. The van der Waals surface area contributed by atoms with Gasteiger partial charge in [0.2, 0.25) is 0 Å². The number of rotatable bonds is 18. The summed E-state index contributed by atoms with van der Waals surface area (Å²) in [6, 6.07) is 13.6. The van der Waals surface area contributed by atoms with Crippen LogP contribution in [0.4, 0.5) is 5.69 Å². The highest BCUT2D eigenvalue weighted by Crippen LogP contribution is 2.26. The number of aryl methyl sites for hydroxylation is 1. The molecule has 0 saturated heterocycles. The molecule has 2 atom stereocenters. The van der Waals surface area contributed by atoms with Gasteiger partial charge < -0.3 is 21.1 Å². The van der Waals surface area contributed by atoms with Crippen LogP contribution in [0.25, 0.3) is 0 Å². The highest BCUT2D eigenvalue weighted by Gasteiger charge is 2.18. The van der Waals surface area contributed by atoms with Gasteiger partial charge in [-0.15, -0.1) is 11.8 Å². The average Bonchev–Trinajstić information content (AvgIpc) is 2.87. The molecule has 0 aliphatic heterocycles. The molecule has 0 aliphatic rings. The van der Waals surface area contributed by atoms with E-state index in [0.29, 0.717) is 18.6 Å². The van der Waals surface area contributed by atoms with Crippen LogP contribution in [0.1, 0.15) is 85.3 Å². The largest absolute Gasteiger partial charge is 0.481 e. The van der Waals surface area contributed by atoms with E-state index in [2.05, 4.69) is 31.2 Å². The van der Waals surface area contributed by atoms with Crippen molar-refractivity contribution in [2.45, 2.75) is 88.2 Å². The van der Waals surface area contributed by atoms with Gasteiger partial charge in [-0.3, -0.25) is 4.79 Å². The minimum absolute atomic E-state index is 0.0169.